The molecule has 1 N–H and O–H groups in total. The van der Waals surface area contributed by atoms with Crippen LogP contribution in [0.4, 0.5) is 0 Å². The lowest BCUT2D eigenvalue weighted by molar-refractivity contribution is -0.124. The Morgan fingerprint density at radius 2 is 1.59 bits per heavy atom. The van der Waals surface area contributed by atoms with Gasteiger partial charge in [0.25, 0.3) is 5.91 Å². The molecule has 29 heavy (non-hydrogen) atoms. The van der Waals surface area contributed by atoms with Gasteiger partial charge >= 0.3 is 0 Å². The molecule has 0 aromatic heterocycles. The average Bonchev–Trinajstić information content (AvgIpc) is 3.02. The van der Waals surface area contributed by atoms with Crippen LogP contribution in [0.25, 0.3) is 6.08 Å². The van der Waals surface area contributed by atoms with Crippen molar-refractivity contribution in [2.75, 3.05) is 0 Å². The van der Waals surface area contributed by atoms with Crippen LogP contribution in [0, 0.1) is 13.8 Å². The summed E-state index contributed by atoms with van der Waals surface area (Å²) in [5.41, 5.74) is 2.65. The number of aryl methyl sites for hydroxylation is 2. The van der Waals surface area contributed by atoms with Gasteiger partial charge in [-0.3, -0.25) is 14.7 Å². The third-order valence-electron chi connectivity index (χ3n) is 6.46. The SMILES string of the molecule is Cc1cc(/C=C2\SC(=NC3CCCCC3)N(C3CCCCC3)C2=O)cc(C)c1O. The molecule has 156 valence electrons. The molecule has 0 bridgehead atoms. The van der Waals surface area contributed by atoms with Gasteiger partial charge in [-0.05, 0) is 86.2 Å². The maximum absolute atomic E-state index is 13.4. The zero-order valence-electron chi connectivity index (χ0n) is 17.6. The van der Waals surface area contributed by atoms with E-state index in [0.717, 1.165) is 52.4 Å². The van der Waals surface area contributed by atoms with Crippen LogP contribution in [0.2, 0.25) is 0 Å². The van der Waals surface area contributed by atoms with Crippen molar-refractivity contribution in [3.8, 4) is 5.75 Å². The highest BCUT2D eigenvalue weighted by Crippen LogP contribution is 2.39. The average molecular weight is 413 g/mol. The Balaban J connectivity index is 1.65. The lowest BCUT2D eigenvalue weighted by Crippen LogP contribution is -2.41. The van der Waals surface area contributed by atoms with Crippen LogP contribution < -0.4 is 0 Å². The topological polar surface area (TPSA) is 52.9 Å². The second kappa shape index (κ2) is 8.95. The number of amidine groups is 1. The Morgan fingerprint density at radius 3 is 2.21 bits per heavy atom. The van der Waals surface area contributed by atoms with Crippen molar-refractivity contribution in [3.63, 3.8) is 0 Å². The molecule has 0 spiro atoms. The first kappa shape index (κ1) is 20.5. The lowest BCUT2D eigenvalue weighted by Gasteiger charge is -2.31. The number of amides is 1. The molecule has 2 saturated carbocycles. The molecule has 0 unspecified atom stereocenters. The molecule has 1 aromatic carbocycles. The number of aliphatic imine (C=N–C) groups is 1. The molecule has 0 atom stereocenters. The van der Waals surface area contributed by atoms with Crippen LogP contribution in [0.1, 0.15) is 80.9 Å². The lowest BCUT2D eigenvalue weighted by atomic mass is 9.94. The number of phenolic OH excluding ortho intramolecular Hbond substituents is 1. The molecule has 3 aliphatic rings. The molecule has 1 heterocycles. The second-order valence-corrected chi connectivity index (χ2v) is 9.79. The third-order valence-corrected chi connectivity index (χ3v) is 7.45. The van der Waals surface area contributed by atoms with Gasteiger partial charge in [-0.1, -0.05) is 38.5 Å². The number of thioether (sulfide) groups is 1. The summed E-state index contributed by atoms with van der Waals surface area (Å²) in [6.07, 6.45) is 13.9. The molecule has 1 saturated heterocycles. The number of nitrogens with zero attached hydrogens (tertiary/aromatic N) is 2. The van der Waals surface area contributed by atoms with E-state index in [0.29, 0.717) is 17.8 Å². The van der Waals surface area contributed by atoms with Gasteiger partial charge in [0.15, 0.2) is 5.17 Å². The molecule has 5 heteroatoms. The predicted octanol–water partition coefficient (Wildman–Crippen LogP) is 5.95. The quantitative estimate of drug-likeness (QED) is 0.625. The zero-order chi connectivity index (χ0) is 20.4. The van der Waals surface area contributed by atoms with E-state index >= 15 is 0 Å². The number of carbonyl (C=O) groups is 1. The first-order chi connectivity index (χ1) is 14.0. The van der Waals surface area contributed by atoms with Crippen LogP contribution in [-0.4, -0.2) is 33.2 Å². The van der Waals surface area contributed by atoms with E-state index in [9.17, 15) is 9.90 Å². The number of hydrogen-bond acceptors (Lipinski definition) is 4. The number of hydrogen-bond donors (Lipinski definition) is 1. The standard InChI is InChI=1S/C24H32N2O2S/c1-16-13-18(14-17(2)22(16)27)15-21-23(28)26(20-11-7-4-8-12-20)24(29-21)25-19-9-5-3-6-10-19/h13-15,19-20,27H,3-12H2,1-2H3/b21-15-,25-24?. The second-order valence-electron chi connectivity index (χ2n) is 8.78. The summed E-state index contributed by atoms with van der Waals surface area (Å²) in [6.45, 7) is 3.80. The molecule has 3 fully saturated rings. The maximum Gasteiger partial charge on any atom is 0.266 e. The van der Waals surface area contributed by atoms with Gasteiger partial charge in [-0.2, -0.15) is 0 Å². The Labute approximate surface area is 178 Å². The van der Waals surface area contributed by atoms with E-state index < -0.39 is 0 Å². The minimum absolute atomic E-state index is 0.111. The molecular weight excluding hydrogens is 380 g/mol. The Hall–Kier alpha value is -1.75. The summed E-state index contributed by atoms with van der Waals surface area (Å²) in [5, 5.41) is 11.0. The van der Waals surface area contributed by atoms with E-state index in [1.807, 2.05) is 37.0 Å². The third kappa shape index (κ3) is 4.55. The number of phenols is 1. The van der Waals surface area contributed by atoms with Crippen molar-refractivity contribution in [3.05, 3.63) is 33.7 Å². The van der Waals surface area contributed by atoms with Crippen molar-refractivity contribution in [2.45, 2.75) is 90.1 Å². The molecule has 1 aliphatic heterocycles. The zero-order valence-corrected chi connectivity index (χ0v) is 18.4. The van der Waals surface area contributed by atoms with Gasteiger partial charge in [0, 0.05) is 6.04 Å². The summed E-state index contributed by atoms with van der Waals surface area (Å²) in [7, 11) is 0. The van der Waals surface area contributed by atoms with Gasteiger partial charge in [-0.25, -0.2) is 0 Å². The largest absolute Gasteiger partial charge is 0.507 e. The smallest absolute Gasteiger partial charge is 0.266 e. The molecule has 1 aromatic rings. The van der Waals surface area contributed by atoms with Crippen molar-refractivity contribution in [1.82, 2.24) is 4.90 Å². The number of carbonyl (C=O) groups excluding carboxylic acids is 1. The van der Waals surface area contributed by atoms with Crippen LogP contribution >= 0.6 is 11.8 Å². The maximum atomic E-state index is 13.4. The molecule has 0 radical (unpaired) electrons. The minimum Gasteiger partial charge on any atom is -0.507 e. The van der Waals surface area contributed by atoms with Gasteiger partial charge in [-0.15, -0.1) is 0 Å². The summed E-state index contributed by atoms with van der Waals surface area (Å²) >= 11 is 1.55. The normalized spacial score (nSPS) is 24.8. The number of aromatic hydroxyl groups is 1. The van der Waals surface area contributed by atoms with E-state index in [-0.39, 0.29) is 5.91 Å². The highest BCUT2D eigenvalue weighted by Gasteiger charge is 2.39. The van der Waals surface area contributed by atoms with E-state index in [4.69, 9.17) is 4.99 Å². The van der Waals surface area contributed by atoms with E-state index in [2.05, 4.69) is 0 Å². The first-order valence-electron chi connectivity index (χ1n) is 11.1. The summed E-state index contributed by atoms with van der Waals surface area (Å²) < 4.78 is 0. The van der Waals surface area contributed by atoms with Gasteiger partial charge in [0.2, 0.25) is 0 Å². The Morgan fingerprint density at radius 1 is 1.00 bits per heavy atom. The van der Waals surface area contributed by atoms with Crippen LogP contribution in [0.5, 0.6) is 5.75 Å². The molecule has 2 aliphatic carbocycles. The summed E-state index contributed by atoms with van der Waals surface area (Å²) in [5.74, 6) is 0.445. The van der Waals surface area contributed by atoms with Gasteiger partial charge < -0.3 is 5.11 Å². The summed E-state index contributed by atoms with van der Waals surface area (Å²) in [4.78, 5) is 21.3. The van der Waals surface area contributed by atoms with E-state index in [1.54, 1.807) is 11.8 Å². The van der Waals surface area contributed by atoms with Crippen LogP contribution in [0.15, 0.2) is 22.0 Å². The van der Waals surface area contributed by atoms with Crippen LogP contribution in [-0.2, 0) is 4.79 Å². The predicted molar refractivity (Wildman–Crippen MR) is 121 cm³/mol. The molecule has 4 nitrogen and oxygen atoms in total. The molecular formula is C24H32N2O2S. The fourth-order valence-corrected chi connectivity index (χ4v) is 5.94. The monoisotopic (exact) mass is 412 g/mol. The van der Waals surface area contributed by atoms with Crippen molar-refractivity contribution in [1.29, 1.82) is 0 Å². The fraction of sp³-hybridized carbons (Fsp3) is 0.583. The van der Waals surface area contributed by atoms with E-state index in [1.165, 1.54) is 38.5 Å². The highest BCUT2D eigenvalue weighted by atomic mass is 32.2. The van der Waals surface area contributed by atoms with Crippen molar-refractivity contribution in [2.24, 2.45) is 4.99 Å². The highest BCUT2D eigenvalue weighted by molar-refractivity contribution is 8.18. The fourth-order valence-electron chi connectivity index (χ4n) is 4.83. The Kier molecular flexibility index (Phi) is 6.33. The van der Waals surface area contributed by atoms with Crippen LogP contribution in [0.3, 0.4) is 0 Å². The number of rotatable bonds is 3. The van der Waals surface area contributed by atoms with Crippen molar-refractivity contribution >= 4 is 28.9 Å². The van der Waals surface area contributed by atoms with Crippen molar-refractivity contribution < 1.29 is 9.90 Å². The Bertz CT molecular complexity index is 810. The summed E-state index contributed by atoms with van der Waals surface area (Å²) in [6, 6.07) is 4.55. The minimum atomic E-state index is 0.111. The van der Waals surface area contributed by atoms with Gasteiger partial charge in [0.1, 0.15) is 5.75 Å². The molecule has 1 amide bonds. The first-order valence-corrected chi connectivity index (χ1v) is 12.0. The van der Waals surface area contributed by atoms with Gasteiger partial charge in [0.05, 0.1) is 10.9 Å². The number of benzene rings is 1. The molecule has 4 rings (SSSR count).